The van der Waals surface area contributed by atoms with Crippen molar-refractivity contribution < 1.29 is 4.84 Å². The van der Waals surface area contributed by atoms with Crippen LogP contribution in [0.1, 0.15) is 17.0 Å². The van der Waals surface area contributed by atoms with Gasteiger partial charge in [-0.1, -0.05) is 29.3 Å². The van der Waals surface area contributed by atoms with Crippen LogP contribution in [-0.2, 0) is 11.3 Å². The molecule has 0 saturated heterocycles. The van der Waals surface area contributed by atoms with Crippen LogP contribution in [0.2, 0.25) is 10.0 Å². The van der Waals surface area contributed by atoms with Gasteiger partial charge in [-0.3, -0.25) is 4.84 Å². The molecule has 0 radical (unpaired) electrons. The maximum atomic E-state index is 8.89. The fourth-order valence-electron chi connectivity index (χ4n) is 2.31. The zero-order valence-corrected chi connectivity index (χ0v) is 15.7. The highest BCUT2D eigenvalue weighted by Gasteiger charge is 2.12. The van der Waals surface area contributed by atoms with Crippen molar-refractivity contribution in [2.45, 2.75) is 6.42 Å². The fraction of sp³-hybridized carbons (Fsp3) is 0.111. The molecule has 2 aromatic carbocycles. The average molecular weight is 401 g/mol. The van der Waals surface area contributed by atoms with E-state index in [4.69, 9.17) is 33.3 Å². The van der Waals surface area contributed by atoms with Crippen LogP contribution in [0.4, 0.5) is 17.6 Å². The van der Waals surface area contributed by atoms with Crippen LogP contribution < -0.4 is 10.8 Å². The first-order chi connectivity index (χ1) is 13.1. The summed E-state index contributed by atoms with van der Waals surface area (Å²) in [5, 5.41) is 13.0. The Bertz CT molecular complexity index is 968. The van der Waals surface area contributed by atoms with Gasteiger partial charge in [0, 0.05) is 22.2 Å². The molecule has 0 aliphatic carbocycles. The number of nitrogens with one attached hydrogen (secondary N) is 2. The number of aromatic nitrogens is 3. The van der Waals surface area contributed by atoms with Crippen molar-refractivity contribution in [1.82, 2.24) is 15.0 Å². The molecule has 9 heteroatoms. The number of nitrogens with zero attached hydrogens (tertiary/aromatic N) is 4. The second-order valence-corrected chi connectivity index (χ2v) is 6.21. The summed E-state index contributed by atoms with van der Waals surface area (Å²) in [5.41, 5.74) is 4.61. The van der Waals surface area contributed by atoms with Crippen LogP contribution in [0.15, 0.2) is 42.5 Å². The van der Waals surface area contributed by atoms with Gasteiger partial charge in [-0.25, -0.2) is 5.48 Å². The minimum atomic E-state index is 0.238. The molecule has 0 saturated carbocycles. The predicted octanol–water partition coefficient (Wildman–Crippen LogP) is 4.36. The Kier molecular flexibility index (Phi) is 6.04. The second kappa shape index (κ2) is 8.64. The molecule has 2 N–H and O–H groups in total. The minimum Gasteiger partial charge on any atom is -0.324 e. The Morgan fingerprint density at radius 3 is 2.30 bits per heavy atom. The Labute approximate surface area is 165 Å². The molecule has 7 nitrogen and oxygen atoms in total. The third-order valence-corrected chi connectivity index (χ3v) is 4.25. The highest BCUT2D eigenvalue weighted by atomic mass is 35.5. The predicted molar refractivity (Wildman–Crippen MR) is 104 cm³/mol. The maximum absolute atomic E-state index is 8.89. The largest absolute Gasteiger partial charge is 0.324 e. The lowest BCUT2D eigenvalue weighted by atomic mass is 10.1. The van der Waals surface area contributed by atoms with Crippen molar-refractivity contribution in [2.75, 3.05) is 17.9 Å². The van der Waals surface area contributed by atoms with Gasteiger partial charge in [0.15, 0.2) is 0 Å². The van der Waals surface area contributed by atoms with Gasteiger partial charge in [0.05, 0.1) is 18.7 Å². The summed E-state index contributed by atoms with van der Waals surface area (Å²) in [5.74, 6) is 1.00. The highest BCUT2D eigenvalue weighted by molar-refractivity contribution is 6.36. The first-order valence-electron chi connectivity index (χ1n) is 7.83. The molecule has 1 aromatic heterocycles. The standard InChI is InChI=1S/C18H14Cl2N6O/c1-27-26-18-24-16(9-13-14(19)3-2-4-15(13)20)23-17(25-18)22-12-7-5-11(10-21)6-8-12/h2-8H,9H2,1H3,(H2,22,23,24,25,26). The SMILES string of the molecule is CONc1nc(Cc2c(Cl)cccc2Cl)nc(Nc2ccc(C#N)cc2)n1. The average Bonchev–Trinajstić information content (AvgIpc) is 2.66. The Balaban J connectivity index is 1.91. The number of halogens is 2. The number of hydrogen-bond acceptors (Lipinski definition) is 7. The van der Waals surface area contributed by atoms with Crippen molar-refractivity contribution >= 4 is 40.8 Å². The van der Waals surface area contributed by atoms with Crippen LogP contribution in [0.5, 0.6) is 0 Å². The maximum Gasteiger partial charge on any atom is 0.252 e. The van der Waals surface area contributed by atoms with E-state index in [1.165, 1.54) is 7.11 Å². The molecule has 1 heterocycles. The van der Waals surface area contributed by atoms with E-state index in [9.17, 15) is 0 Å². The first-order valence-corrected chi connectivity index (χ1v) is 8.58. The van der Waals surface area contributed by atoms with E-state index in [-0.39, 0.29) is 5.95 Å². The summed E-state index contributed by atoms with van der Waals surface area (Å²) in [7, 11) is 1.46. The van der Waals surface area contributed by atoms with E-state index in [1.54, 1.807) is 42.5 Å². The monoisotopic (exact) mass is 400 g/mol. The van der Waals surface area contributed by atoms with Crippen LogP contribution >= 0.6 is 23.2 Å². The first kappa shape index (κ1) is 18.9. The molecular weight excluding hydrogens is 387 g/mol. The van der Waals surface area contributed by atoms with E-state index < -0.39 is 0 Å². The van der Waals surface area contributed by atoms with Crippen molar-refractivity contribution in [1.29, 1.82) is 5.26 Å². The summed E-state index contributed by atoms with van der Waals surface area (Å²) >= 11 is 12.5. The number of nitriles is 1. The van der Waals surface area contributed by atoms with Gasteiger partial charge in [0.1, 0.15) is 5.82 Å². The molecule has 0 fully saturated rings. The number of anilines is 3. The van der Waals surface area contributed by atoms with E-state index in [0.717, 1.165) is 11.3 Å². The van der Waals surface area contributed by atoms with Gasteiger partial charge in [-0.2, -0.15) is 20.2 Å². The topological polar surface area (TPSA) is 95.8 Å². The van der Waals surface area contributed by atoms with Crippen molar-refractivity contribution in [2.24, 2.45) is 0 Å². The Morgan fingerprint density at radius 2 is 1.67 bits per heavy atom. The van der Waals surface area contributed by atoms with Gasteiger partial charge < -0.3 is 5.32 Å². The molecule has 3 rings (SSSR count). The lowest BCUT2D eigenvalue weighted by Crippen LogP contribution is -2.09. The van der Waals surface area contributed by atoms with E-state index in [0.29, 0.717) is 33.8 Å². The Morgan fingerprint density at radius 1 is 1.00 bits per heavy atom. The van der Waals surface area contributed by atoms with Crippen LogP contribution in [0.25, 0.3) is 0 Å². The Hall–Kier alpha value is -2.92. The fourth-order valence-corrected chi connectivity index (χ4v) is 2.84. The number of rotatable bonds is 6. The molecule has 0 spiro atoms. The summed E-state index contributed by atoms with van der Waals surface area (Å²) in [4.78, 5) is 17.9. The molecule has 0 aliphatic rings. The quantitative estimate of drug-likeness (QED) is 0.593. The van der Waals surface area contributed by atoms with E-state index in [1.807, 2.05) is 0 Å². The number of benzene rings is 2. The molecular formula is C18H14Cl2N6O. The van der Waals surface area contributed by atoms with Gasteiger partial charge in [-0.05, 0) is 42.0 Å². The second-order valence-electron chi connectivity index (χ2n) is 5.40. The lowest BCUT2D eigenvalue weighted by molar-refractivity contribution is 0.266. The minimum absolute atomic E-state index is 0.238. The molecule has 136 valence electrons. The third kappa shape index (κ3) is 4.83. The summed E-state index contributed by atoms with van der Waals surface area (Å²) in [6, 6.07) is 14.3. The highest BCUT2D eigenvalue weighted by Crippen LogP contribution is 2.26. The van der Waals surface area contributed by atoms with Gasteiger partial charge >= 0.3 is 0 Å². The smallest absolute Gasteiger partial charge is 0.252 e. The molecule has 27 heavy (non-hydrogen) atoms. The van der Waals surface area contributed by atoms with Crippen molar-refractivity contribution in [3.8, 4) is 6.07 Å². The zero-order valence-electron chi connectivity index (χ0n) is 14.2. The molecule has 0 aliphatic heterocycles. The molecule has 0 atom stereocenters. The molecule has 3 aromatic rings. The van der Waals surface area contributed by atoms with Crippen LogP contribution in [0, 0.1) is 11.3 Å². The summed E-state index contributed by atoms with van der Waals surface area (Å²) < 4.78 is 0. The van der Waals surface area contributed by atoms with Gasteiger partial charge in [-0.15, -0.1) is 0 Å². The number of hydrogen-bond donors (Lipinski definition) is 2. The molecule has 0 amide bonds. The zero-order chi connectivity index (χ0) is 19.2. The summed E-state index contributed by atoms with van der Waals surface area (Å²) in [6.45, 7) is 0. The van der Waals surface area contributed by atoms with E-state index >= 15 is 0 Å². The normalized spacial score (nSPS) is 10.3. The molecule has 0 unspecified atom stereocenters. The van der Waals surface area contributed by atoms with Crippen LogP contribution in [-0.4, -0.2) is 22.1 Å². The van der Waals surface area contributed by atoms with Gasteiger partial charge in [0.2, 0.25) is 5.95 Å². The summed E-state index contributed by atoms with van der Waals surface area (Å²) in [6.07, 6.45) is 0.321. The lowest BCUT2D eigenvalue weighted by Gasteiger charge is -2.11. The van der Waals surface area contributed by atoms with E-state index in [2.05, 4.69) is 31.8 Å². The van der Waals surface area contributed by atoms with Crippen molar-refractivity contribution in [3.05, 3.63) is 69.5 Å². The molecule has 0 bridgehead atoms. The van der Waals surface area contributed by atoms with Crippen molar-refractivity contribution in [3.63, 3.8) is 0 Å². The third-order valence-electron chi connectivity index (χ3n) is 3.54. The van der Waals surface area contributed by atoms with Crippen LogP contribution in [0.3, 0.4) is 0 Å². The van der Waals surface area contributed by atoms with Gasteiger partial charge in [0.25, 0.3) is 5.95 Å².